The molecule has 1 aromatic carbocycles. The highest BCUT2D eigenvalue weighted by atomic mass is 32.1. The summed E-state index contributed by atoms with van der Waals surface area (Å²) in [6, 6.07) is 4.73. The van der Waals surface area contributed by atoms with Gasteiger partial charge in [0.05, 0.1) is 5.69 Å². The lowest BCUT2D eigenvalue weighted by Crippen LogP contribution is -2.18. The van der Waals surface area contributed by atoms with Crippen LogP contribution < -0.4 is 14.8 Å². The number of carbonyl (C=O) groups is 1. The van der Waals surface area contributed by atoms with E-state index in [1.165, 1.54) is 11.3 Å². The molecule has 118 valence electrons. The molecule has 2 atom stereocenters. The Balaban J connectivity index is 1.47. The van der Waals surface area contributed by atoms with Gasteiger partial charge in [0, 0.05) is 22.3 Å². The quantitative estimate of drug-likeness (QED) is 0.679. The van der Waals surface area contributed by atoms with Crippen LogP contribution in [0, 0.1) is 16.0 Å². The monoisotopic (exact) mass is 333 g/mol. The summed E-state index contributed by atoms with van der Waals surface area (Å²) in [5.74, 6) is 0.450. The molecule has 1 aromatic heterocycles. The Morgan fingerprint density at radius 1 is 1.39 bits per heavy atom. The Bertz CT molecular complexity index is 805. The number of hydrogen-bond donors (Lipinski definition) is 1. The Labute approximate surface area is 134 Å². The third kappa shape index (κ3) is 2.59. The Morgan fingerprint density at radius 2 is 2.22 bits per heavy atom. The maximum atomic E-state index is 11.9. The van der Waals surface area contributed by atoms with Gasteiger partial charge in [0.15, 0.2) is 16.6 Å². The van der Waals surface area contributed by atoms with Gasteiger partial charge in [-0.25, -0.2) is 4.98 Å². The highest BCUT2D eigenvalue weighted by molar-refractivity contribution is 7.14. The zero-order valence-electron chi connectivity index (χ0n) is 11.7. The number of nitrogens with zero attached hydrogens (tertiary/aromatic N) is 2. The molecule has 0 saturated heterocycles. The number of rotatable bonds is 4. The standard InChI is InChI=1S/C14H11N3O5S/c18-13(8-4-10(8)17(19)20)16-14-15-9(5-23-14)7-1-2-11-12(3-7)22-6-21-11/h1-3,5,8,10H,4,6H2,(H,15,16,18)/t8-,10-/m0/s1. The summed E-state index contributed by atoms with van der Waals surface area (Å²) in [5, 5.41) is 15.5. The predicted molar refractivity (Wildman–Crippen MR) is 81.2 cm³/mol. The number of benzene rings is 1. The van der Waals surface area contributed by atoms with E-state index in [1.807, 2.05) is 17.5 Å². The van der Waals surface area contributed by atoms with Gasteiger partial charge < -0.3 is 14.8 Å². The molecule has 23 heavy (non-hydrogen) atoms. The van der Waals surface area contributed by atoms with Crippen molar-refractivity contribution in [3.05, 3.63) is 33.7 Å². The molecule has 8 nitrogen and oxygen atoms in total. The molecule has 4 rings (SSSR count). The van der Waals surface area contributed by atoms with E-state index in [4.69, 9.17) is 9.47 Å². The first-order chi connectivity index (χ1) is 11.1. The summed E-state index contributed by atoms with van der Waals surface area (Å²) in [5.41, 5.74) is 1.55. The van der Waals surface area contributed by atoms with Crippen molar-refractivity contribution < 1.29 is 19.2 Å². The van der Waals surface area contributed by atoms with Gasteiger partial charge in [0.2, 0.25) is 18.7 Å². The van der Waals surface area contributed by atoms with Crippen LogP contribution in [0.25, 0.3) is 11.3 Å². The van der Waals surface area contributed by atoms with Crippen molar-refractivity contribution in [2.75, 3.05) is 12.1 Å². The number of thiazole rings is 1. The number of hydrogen-bond acceptors (Lipinski definition) is 7. The van der Waals surface area contributed by atoms with Crippen LogP contribution >= 0.6 is 11.3 Å². The van der Waals surface area contributed by atoms with E-state index in [0.29, 0.717) is 28.7 Å². The summed E-state index contributed by atoms with van der Waals surface area (Å²) < 4.78 is 10.6. The lowest BCUT2D eigenvalue weighted by Gasteiger charge is -2.00. The van der Waals surface area contributed by atoms with Gasteiger partial charge in [0.25, 0.3) is 0 Å². The number of amides is 1. The van der Waals surface area contributed by atoms with Crippen molar-refractivity contribution in [3.63, 3.8) is 0 Å². The predicted octanol–water partition coefficient (Wildman–Crippen LogP) is 2.14. The number of nitro groups is 1. The van der Waals surface area contributed by atoms with Crippen LogP contribution in [0.15, 0.2) is 23.6 Å². The minimum atomic E-state index is -0.761. The highest BCUT2D eigenvalue weighted by Gasteiger charge is 2.53. The SMILES string of the molecule is O=C(Nc1nc(-c2ccc3c(c2)OCO3)cs1)[C@H]1C[C@@H]1[N+](=O)[O-]. The number of fused-ring (bicyclic) bond motifs is 1. The van der Waals surface area contributed by atoms with Crippen molar-refractivity contribution in [1.82, 2.24) is 4.98 Å². The second-order valence-electron chi connectivity index (χ2n) is 5.29. The molecule has 2 heterocycles. The molecule has 0 bridgehead atoms. The second kappa shape index (κ2) is 5.20. The van der Waals surface area contributed by atoms with E-state index < -0.39 is 16.9 Å². The first kappa shape index (κ1) is 13.9. The fourth-order valence-corrected chi connectivity index (χ4v) is 3.14. The maximum Gasteiger partial charge on any atom is 0.236 e. The number of nitrogens with one attached hydrogen (secondary N) is 1. The Hall–Kier alpha value is -2.68. The van der Waals surface area contributed by atoms with E-state index in [2.05, 4.69) is 10.3 Å². The summed E-state index contributed by atoms with van der Waals surface area (Å²) in [7, 11) is 0. The molecule has 1 amide bonds. The molecule has 1 aliphatic carbocycles. The fraction of sp³-hybridized carbons (Fsp3) is 0.286. The average molecular weight is 333 g/mol. The molecule has 1 N–H and O–H groups in total. The van der Waals surface area contributed by atoms with Gasteiger partial charge >= 0.3 is 0 Å². The average Bonchev–Trinajstić information content (AvgIpc) is 2.99. The molecule has 0 radical (unpaired) electrons. The number of ether oxygens (including phenoxy) is 2. The van der Waals surface area contributed by atoms with Crippen LogP contribution in [0.5, 0.6) is 11.5 Å². The van der Waals surface area contributed by atoms with Crippen LogP contribution in [-0.4, -0.2) is 28.6 Å². The molecular formula is C14H11N3O5S. The number of anilines is 1. The van der Waals surface area contributed by atoms with Crippen LogP contribution in [0.3, 0.4) is 0 Å². The van der Waals surface area contributed by atoms with Crippen LogP contribution in [0.4, 0.5) is 5.13 Å². The van der Waals surface area contributed by atoms with E-state index in [9.17, 15) is 14.9 Å². The lowest BCUT2D eigenvalue weighted by atomic mass is 10.1. The fourth-order valence-electron chi connectivity index (χ4n) is 2.41. The second-order valence-corrected chi connectivity index (χ2v) is 6.15. The highest BCUT2D eigenvalue weighted by Crippen LogP contribution is 2.37. The third-order valence-corrected chi connectivity index (χ3v) is 4.52. The third-order valence-electron chi connectivity index (χ3n) is 3.77. The van der Waals surface area contributed by atoms with E-state index in [1.54, 1.807) is 6.07 Å². The van der Waals surface area contributed by atoms with Crippen molar-refractivity contribution in [2.24, 2.45) is 5.92 Å². The Kier molecular flexibility index (Phi) is 3.15. The maximum absolute atomic E-state index is 11.9. The van der Waals surface area contributed by atoms with Gasteiger partial charge in [-0.3, -0.25) is 14.9 Å². The molecule has 1 saturated carbocycles. The topological polar surface area (TPSA) is 104 Å². The molecule has 9 heteroatoms. The first-order valence-corrected chi connectivity index (χ1v) is 7.79. The van der Waals surface area contributed by atoms with E-state index >= 15 is 0 Å². The zero-order chi connectivity index (χ0) is 16.0. The molecule has 1 fully saturated rings. The number of carbonyl (C=O) groups excluding carboxylic acids is 1. The normalized spacial score (nSPS) is 21.0. The van der Waals surface area contributed by atoms with Gasteiger partial charge in [-0.05, 0) is 18.2 Å². The summed E-state index contributed by atoms with van der Waals surface area (Å²) >= 11 is 1.28. The number of aromatic nitrogens is 1. The summed E-state index contributed by atoms with van der Waals surface area (Å²) in [4.78, 5) is 26.4. The van der Waals surface area contributed by atoms with Crippen LogP contribution in [0.1, 0.15) is 6.42 Å². The molecule has 0 unspecified atom stereocenters. The van der Waals surface area contributed by atoms with Crippen LogP contribution in [0.2, 0.25) is 0 Å². The largest absolute Gasteiger partial charge is 0.454 e. The molecule has 2 aliphatic rings. The zero-order valence-corrected chi connectivity index (χ0v) is 12.5. The van der Waals surface area contributed by atoms with Crippen molar-refractivity contribution in [3.8, 4) is 22.8 Å². The van der Waals surface area contributed by atoms with Crippen molar-refractivity contribution >= 4 is 22.4 Å². The lowest BCUT2D eigenvalue weighted by molar-refractivity contribution is -0.497. The molecular weight excluding hydrogens is 322 g/mol. The first-order valence-electron chi connectivity index (χ1n) is 6.92. The van der Waals surface area contributed by atoms with Crippen molar-refractivity contribution in [1.29, 1.82) is 0 Å². The van der Waals surface area contributed by atoms with Gasteiger partial charge in [-0.15, -0.1) is 11.3 Å². The Morgan fingerprint density at radius 3 is 3.00 bits per heavy atom. The molecule has 1 aliphatic heterocycles. The van der Waals surface area contributed by atoms with Crippen LogP contribution in [-0.2, 0) is 4.79 Å². The molecule has 0 spiro atoms. The van der Waals surface area contributed by atoms with Crippen molar-refractivity contribution in [2.45, 2.75) is 12.5 Å². The van der Waals surface area contributed by atoms with Gasteiger partial charge in [-0.2, -0.15) is 0 Å². The summed E-state index contributed by atoms with van der Waals surface area (Å²) in [6.45, 7) is 0.205. The van der Waals surface area contributed by atoms with E-state index in [0.717, 1.165) is 5.56 Å². The van der Waals surface area contributed by atoms with Gasteiger partial charge in [-0.1, -0.05) is 0 Å². The van der Waals surface area contributed by atoms with Gasteiger partial charge in [0.1, 0.15) is 5.92 Å². The minimum Gasteiger partial charge on any atom is -0.454 e. The molecule has 2 aromatic rings. The minimum absolute atomic E-state index is 0.205. The summed E-state index contributed by atoms with van der Waals surface area (Å²) in [6.07, 6.45) is 0.291. The van der Waals surface area contributed by atoms with E-state index in [-0.39, 0.29) is 12.7 Å². The smallest absolute Gasteiger partial charge is 0.236 e.